The number of aromatic nitrogens is 3. The van der Waals surface area contributed by atoms with Gasteiger partial charge in [0.25, 0.3) is 0 Å². The molecule has 0 aromatic carbocycles. The molecule has 0 bridgehead atoms. The molecule has 23 heavy (non-hydrogen) atoms. The molecule has 124 valence electrons. The number of ether oxygens (including phenoxy) is 1. The van der Waals surface area contributed by atoms with E-state index < -0.39 is 0 Å². The van der Waals surface area contributed by atoms with Crippen molar-refractivity contribution in [3.8, 4) is 5.75 Å². The first-order valence-electron chi connectivity index (χ1n) is 8.51. The van der Waals surface area contributed by atoms with Crippen LogP contribution in [0.5, 0.6) is 5.75 Å². The first-order chi connectivity index (χ1) is 10.7. The van der Waals surface area contributed by atoms with E-state index in [1.165, 1.54) is 12.0 Å². The maximum atomic E-state index is 6.19. The van der Waals surface area contributed by atoms with E-state index in [0.717, 1.165) is 23.6 Å². The molecule has 2 atom stereocenters. The highest BCUT2D eigenvalue weighted by Gasteiger charge is 2.47. The third-order valence-corrected chi connectivity index (χ3v) is 4.99. The van der Waals surface area contributed by atoms with Crippen LogP contribution in [0.3, 0.4) is 0 Å². The Balaban J connectivity index is 1.93. The fourth-order valence-corrected chi connectivity index (χ4v) is 3.69. The van der Waals surface area contributed by atoms with Crippen LogP contribution in [-0.2, 0) is 5.41 Å². The quantitative estimate of drug-likeness (QED) is 0.746. The fraction of sp³-hybridized carbons (Fsp3) is 0.667. The second kappa shape index (κ2) is 4.40. The van der Waals surface area contributed by atoms with Gasteiger partial charge in [-0.2, -0.15) is 5.10 Å². The van der Waals surface area contributed by atoms with E-state index in [1.54, 1.807) is 0 Å². The number of fused-ring (bicyclic) bond motifs is 3. The zero-order valence-electron chi connectivity index (χ0n) is 14.9. The van der Waals surface area contributed by atoms with E-state index in [-0.39, 0.29) is 11.0 Å². The van der Waals surface area contributed by atoms with Gasteiger partial charge in [-0.05, 0) is 39.0 Å². The molecule has 1 aliphatic carbocycles. The van der Waals surface area contributed by atoms with Gasteiger partial charge in [0, 0.05) is 11.1 Å². The second-order valence-electron chi connectivity index (χ2n) is 8.85. The summed E-state index contributed by atoms with van der Waals surface area (Å²) in [6, 6.07) is 0.443. The van der Waals surface area contributed by atoms with Crippen LogP contribution in [0, 0.1) is 0 Å². The Morgan fingerprint density at radius 3 is 2.43 bits per heavy atom. The van der Waals surface area contributed by atoms with Crippen LogP contribution < -0.4 is 9.64 Å². The van der Waals surface area contributed by atoms with Gasteiger partial charge in [-0.15, -0.1) is 0 Å². The first-order valence-corrected chi connectivity index (χ1v) is 8.51. The lowest BCUT2D eigenvalue weighted by Crippen LogP contribution is -2.62. The van der Waals surface area contributed by atoms with Crippen molar-refractivity contribution in [3.63, 3.8) is 0 Å². The highest BCUT2D eigenvalue weighted by Crippen LogP contribution is 2.45. The number of rotatable bonds is 0. The van der Waals surface area contributed by atoms with Crippen LogP contribution in [0.2, 0.25) is 0 Å². The molecule has 0 spiro atoms. The van der Waals surface area contributed by atoms with Crippen molar-refractivity contribution in [2.75, 3.05) is 4.90 Å². The van der Waals surface area contributed by atoms with E-state index in [9.17, 15) is 0 Å². The second-order valence-corrected chi connectivity index (χ2v) is 8.85. The van der Waals surface area contributed by atoms with Crippen LogP contribution in [0.4, 0.5) is 5.82 Å². The minimum atomic E-state index is 0.0179. The summed E-state index contributed by atoms with van der Waals surface area (Å²) in [6.07, 6.45) is 6.53. The van der Waals surface area contributed by atoms with E-state index in [0.29, 0.717) is 12.1 Å². The Morgan fingerprint density at radius 2 is 1.87 bits per heavy atom. The Labute approximate surface area is 137 Å². The number of anilines is 1. The molecule has 2 aromatic heterocycles. The van der Waals surface area contributed by atoms with Gasteiger partial charge in [0.15, 0.2) is 17.2 Å². The highest BCUT2D eigenvalue weighted by molar-refractivity contribution is 5.64. The number of hydrogen-bond acceptors (Lipinski definition) is 4. The maximum Gasteiger partial charge on any atom is 0.180 e. The lowest BCUT2D eigenvalue weighted by Gasteiger charge is -2.53. The monoisotopic (exact) mass is 314 g/mol. The van der Waals surface area contributed by atoms with Crippen molar-refractivity contribution in [3.05, 3.63) is 18.0 Å². The molecule has 4 rings (SSSR count). The van der Waals surface area contributed by atoms with Gasteiger partial charge in [0.1, 0.15) is 6.10 Å². The molecule has 3 heterocycles. The molecular weight excluding hydrogens is 288 g/mol. The van der Waals surface area contributed by atoms with Crippen molar-refractivity contribution < 1.29 is 4.74 Å². The van der Waals surface area contributed by atoms with Crippen molar-refractivity contribution in [2.24, 2.45) is 0 Å². The number of hydrogen-bond donors (Lipinski definition) is 0. The Morgan fingerprint density at radius 1 is 1.13 bits per heavy atom. The van der Waals surface area contributed by atoms with E-state index in [1.807, 2.05) is 16.9 Å². The molecule has 1 fully saturated rings. The minimum Gasteiger partial charge on any atom is -0.483 e. The van der Waals surface area contributed by atoms with Gasteiger partial charge in [0.05, 0.1) is 18.4 Å². The Bertz CT molecular complexity index is 766. The average molecular weight is 314 g/mol. The van der Waals surface area contributed by atoms with Crippen LogP contribution in [0.15, 0.2) is 12.4 Å². The average Bonchev–Trinajstić information content (AvgIpc) is 2.80. The molecule has 2 aromatic rings. The molecule has 5 heteroatoms. The summed E-state index contributed by atoms with van der Waals surface area (Å²) in [6.45, 7) is 13.4. The summed E-state index contributed by atoms with van der Waals surface area (Å²) >= 11 is 0. The molecule has 0 saturated heterocycles. The predicted octanol–water partition coefficient (Wildman–Crippen LogP) is 3.56. The molecule has 2 aliphatic rings. The predicted molar refractivity (Wildman–Crippen MR) is 91.4 cm³/mol. The maximum absolute atomic E-state index is 6.19. The third kappa shape index (κ3) is 2.12. The summed E-state index contributed by atoms with van der Waals surface area (Å²) in [5, 5.41) is 4.50. The van der Waals surface area contributed by atoms with Crippen molar-refractivity contribution >= 4 is 11.5 Å². The normalized spacial score (nSPS) is 24.0. The zero-order valence-corrected chi connectivity index (χ0v) is 14.9. The van der Waals surface area contributed by atoms with Gasteiger partial charge in [-0.1, -0.05) is 20.8 Å². The summed E-state index contributed by atoms with van der Waals surface area (Å²) in [7, 11) is 0. The minimum absolute atomic E-state index is 0.0179. The van der Waals surface area contributed by atoms with Crippen molar-refractivity contribution in [2.45, 2.75) is 77.5 Å². The molecular formula is C18H26N4O. The van der Waals surface area contributed by atoms with Crippen LogP contribution in [-0.4, -0.2) is 32.3 Å². The molecule has 0 N–H and O–H groups in total. The van der Waals surface area contributed by atoms with Crippen LogP contribution in [0.1, 0.15) is 59.9 Å². The molecule has 0 radical (unpaired) electrons. The Kier molecular flexibility index (Phi) is 2.83. The van der Waals surface area contributed by atoms with Gasteiger partial charge in [-0.25, -0.2) is 9.50 Å². The third-order valence-electron chi connectivity index (χ3n) is 4.99. The van der Waals surface area contributed by atoms with Gasteiger partial charge in [0.2, 0.25) is 0 Å². The fourth-order valence-electron chi connectivity index (χ4n) is 3.69. The van der Waals surface area contributed by atoms with Crippen LogP contribution >= 0.6 is 0 Å². The van der Waals surface area contributed by atoms with Gasteiger partial charge in [-0.3, -0.25) is 0 Å². The summed E-state index contributed by atoms with van der Waals surface area (Å²) in [5.41, 5.74) is 2.15. The molecule has 0 amide bonds. The Hall–Kier alpha value is -1.78. The molecule has 1 saturated carbocycles. The number of nitrogens with zero attached hydrogens (tertiary/aromatic N) is 4. The lowest BCUT2D eigenvalue weighted by molar-refractivity contribution is 0.0616. The summed E-state index contributed by atoms with van der Waals surface area (Å²) in [5.74, 6) is 1.83. The molecule has 5 nitrogen and oxygen atoms in total. The van der Waals surface area contributed by atoms with Crippen LogP contribution in [0.25, 0.3) is 5.65 Å². The van der Waals surface area contributed by atoms with E-state index in [2.05, 4.69) is 51.5 Å². The molecule has 1 aliphatic heterocycles. The summed E-state index contributed by atoms with van der Waals surface area (Å²) in [4.78, 5) is 7.47. The van der Waals surface area contributed by atoms with E-state index in [4.69, 9.17) is 9.72 Å². The van der Waals surface area contributed by atoms with Gasteiger partial charge >= 0.3 is 0 Å². The summed E-state index contributed by atoms with van der Waals surface area (Å²) < 4.78 is 8.05. The topological polar surface area (TPSA) is 42.7 Å². The van der Waals surface area contributed by atoms with Crippen molar-refractivity contribution in [1.29, 1.82) is 0 Å². The first kappa shape index (κ1) is 14.8. The standard InChI is InChI=1S/C18H26N4O/c1-17(2,3)11-9-19-21-10-14-16(20-15(11)21)22(18(4,5)6)12-7-8-13(12)23-14/h9-10,12-13H,7-8H2,1-6H3. The largest absolute Gasteiger partial charge is 0.483 e. The van der Waals surface area contributed by atoms with E-state index >= 15 is 0 Å². The zero-order chi connectivity index (χ0) is 16.6. The molecule has 2 unspecified atom stereocenters. The van der Waals surface area contributed by atoms with Crippen molar-refractivity contribution in [1.82, 2.24) is 14.6 Å². The van der Waals surface area contributed by atoms with Gasteiger partial charge < -0.3 is 9.64 Å². The highest BCUT2D eigenvalue weighted by atomic mass is 16.5. The lowest BCUT2D eigenvalue weighted by atomic mass is 9.83. The smallest absolute Gasteiger partial charge is 0.180 e. The SMILES string of the molecule is CC(C)(C)c1cnn2cc3c(nc12)N(C(C)(C)C)C1CCC1O3.